The highest BCUT2D eigenvalue weighted by molar-refractivity contribution is 6.75. The first-order valence-corrected chi connectivity index (χ1v) is 10.4. The van der Waals surface area contributed by atoms with Gasteiger partial charge in [0.25, 0.3) is 8.32 Å². The second kappa shape index (κ2) is 11.4. The minimum atomic E-state index is -2.11. The summed E-state index contributed by atoms with van der Waals surface area (Å²) in [5, 5.41) is 6.57. The molecule has 0 aliphatic carbocycles. The number of nitrogens with zero attached hydrogens (tertiary/aromatic N) is 2. The van der Waals surface area contributed by atoms with Gasteiger partial charge in [-0.1, -0.05) is 57.2 Å². The maximum absolute atomic E-state index is 11.8. The Balaban J connectivity index is 4.64. The van der Waals surface area contributed by atoms with Crippen LogP contribution in [0.2, 0.25) is 18.1 Å². The van der Waals surface area contributed by atoms with Gasteiger partial charge in [0.1, 0.15) is 0 Å². The van der Waals surface area contributed by atoms with Gasteiger partial charge in [-0.15, -0.1) is 0 Å². The van der Waals surface area contributed by atoms with E-state index < -0.39 is 20.5 Å². The van der Waals surface area contributed by atoms with Crippen molar-refractivity contribution in [3.8, 4) is 0 Å². The SMILES string of the molecule is CCCOC(=O)/N=N/C(=O)O[Si](CCC)(CCC)CCC. The largest absolute Gasteiger partial charge is 0.501 e. The zero-order chi connectivity index (χ0) is 16.1. The summed E-state index contributed by atoms with van der Waals surface area (Å²) in [6.07, 6.45) is 2.04. The Kier molecular flexibility index (Phi) is 10.7. The minimum Gasteiger partial charge on any atom is -0.501 e. The number of carbonyl (C=O) groups excluding carboxylic acids is 2. The van der Waals surface area contributed by atoms with Gasteiger partial charge >= 0.3 is 12.2 Å². The fourth-order valence-electron chi connectivity index (χ4n) is 2.40. The molecule has 0 aromatic rings. The Morgan fingerprint density at radius 1 is 0.810 bits per heavy atom. The molecule has 0 aromatic carbocycles. The summed E-state index contributed by atoms with van der Waals surface area (Å²) < 4.78 is 10.4. The molecule has 0 heterocycles. The van der Waals surface area contributed by atoms with Gasteiger partial charge < -0.3 is 9.16 Å². The van der Waals surface area contributed by atoms with Crippen molar-refractivity contribution in [1.82, 2.24) is 0 Å². The van der Waals surface area contributed by atoms with Gasteiger partial charge in [-0.2, -0.15) is 0 Å². The molecular formula is C14H28N2O4Si. The summed E-state index contributed by atoms with van der Waals surface area (Å²) in [5.41, 5.74) is 0. The molecule has 0 saturated heterocycles. The summed E-state index contributed by atoms with van der Waals surface area (Å²) in [4.78, 5) is 23.0. The molecule has 122 valence electrons. The summed E-state index contributed by atoms with van der Waals surface area (Å²) in [7, 11) is -2.11. The van der Waals surface area contributed by atoms with Gasteiger partial charge in [-0.3, -0.25) is 0 Å². The van der Waals surface area contributed by atoms with Crippen LogP contribution in [0.5, 0.6) is 0 Å². The molecule has 0 rings (SSSR count). The average Bonchev–Trinajstić information content (AvgIpc) is 2.43. The highest BCUT2D eigenvalue weighted by atomic mass is 28.4. The number of azo groups is 1. The Labute approximate surface area is 128 Å². The van der Waals surface area contributed by atoms with E-state index in [2.05, 4.69) is 31.0 Å². The fraction of sp³-hybridized carbons (Fsp3) is 0.857. The number of hydrogen-bond acceptors (Lipinski definition) is 4. The number of rotatable bonds is 9. The lowest BCUT2D eigenvalue weighted by Crippen LogP contribution is -2.39. The van der Waals surface area contributed by atoms with Crippen LogP contribution in [0.4, 0.5) is 9.59 Å². The predicted molar refractivity (Wildman–Crippen MR) is 84.0 cm³/mol. The van der Waals surface area contributed by atoms with E-state index >= 15 is 0 Å². The van der Waals surface area contributed by atoms with Crippen LogP contribution in [0.1, 0.15) is 53.4 Å². The minimum absolute atomic E-state index is 0.271. The van der Waals surface area contributed by atoms with Gasteiger partial charge in [-0.05, 0) is 24.6 Å². The lowest BCUT2D eigenvalue weighted by Gasteiger charge is -2.29. The number of carbonyl (C=O) groups is 2. The average molecular weight is 316 g/mol. The molecule has 0 saturated carbocycles. The first-order valence-electron chi connectivity index (χ1n) is 7.85. The van der Waals surface area contributed by atoms with E-state index in [0.29, 0.717) is 6.42 Å². The third-order valence-corrected chi connectivity index (χ3v) is 7.90. The Morgan fingerprint density at radius 2 is 1.29 bits per heavy atom. The number of amides is 2. The molecule has 0 aliphatic rings. The second-order valence-corrected chi connectivity index (χ2v) is 9.19. The maximum atomic E-state index is 11.8. The van der Waals surface area contributed by atoms with Gasteiger partial charge in [0.05, 0.1) is 6.61 Å². The molecule has 7 heteroatoms. The van der Waals surface area contributed by atoms with Crippen molar-refractivity contribution < 1.29 is 18.8 Å². The third kappa shape index (κ3) is 8.59. The zero-order valence-corrected chi connectivity index (χ0v) is 14.7. The van der Waals surface area contributed by atoms with Crippen LogP contribution < -0.4 is 0 Å². The molecule has 0 N–H and O–H groups in total. The smallest absolute Gasteiger partial charge is 0.452 e. The quantitative estimate of drug-likeness (QED) is 0.427. The van der Waals surface area contributed by atoms with Crippen LogP contribution in [-0.4, -0.2) is 27.1 Å². The number of ether oxygens (including phenoxy) is 1. The first-order chi connectivity index (χ1) is 10.0. The normalized spacial score (nSPS) is 11.6. The van der Waals surface area contributed by atoms with Crippen molar-refractivity contribution in [3.63, 3.8) is 0 Å². The van der Waals surface area contributed by atoms with Crippen molar-refractivity contribution in [2.24, 2.45) is 10.2 Å². The highest BCUT2D eigenvalue weighted by Gasteiger charge is 2.36. The third-order valence-electron chi connectivity index (χ3n) is 3.06. The second-order valence-electron chi connectivity index (χ2n) is 5.12. The zero-order valence-electron chi connectivity index (χ0n) is 13.7. The summed E-state index contributed by atoms with van der Waals surface area (Å²) >= 11 is 0. The lowest BCUT2D eigenvalue weighted by atomic mass is 10.5. The van der Waals surface area contributed by atoms with Crippen molar-refractivity contribution in [3.05, 3.63) is 0 Å². The molecule has 0 bridgehead atoms. The van der Waals surface area contributed by atoms with Crippen molar-refractivity contribution in [2.45, 2.75) is 71.5 Å². The van der Waals surface area contributed by atoms with Crippen LogP contribution in [-0.2, 0) is 9.16 Å². The van der Waals surface area contributed by atoms with Gasteiger partial charge in [0.15, 0.2) is 0 Å². The van der Waals surface area contributed by atoms with E-state index in [0.717, 1.165) is 37.4 Å². The molecule has 0 atom stereocenters. The van der Waals surface area contributed by atoms with Crippen LogP contribution in [0.3, 0.4) is 0 Å². The topological polar surface area (TPSA) is 77.3 Å². The molecule has 21 heavy (non-hydrogen) atoms. The fourth-order valence-corrected chi connectivity index (χ4v) is 6.60. The summed E-state index contributed by atoms with van der Waals surface area (Å²) in [5.74, 6) is 0. The molecule has 0 aliphatic heterocycles. The van der Waals surface area contributed by atoms with E-state index in [-0.39, 0.29) is 6.61 Å². The Morgan fingerprint density at radius 3 is 1.71 bits per heavy atom. The van der Waals surface area contributed by atoms with E-state index in [1.165, 1.54) is 0 Å². The monoisotopic (exact) mass is 316 g/mol. The molecule has 0 unspecified atom stereocenters. The Hall–Kier alpha value is -1.24. The molecule has 0 spiro atoms. The van der Waals surface area contributed by atoms with Crippen LogP contribution >= 0.6 is 0 Å². The van der Waals surface area contributed by atoms with E-state index in [9.17, 15) is 9.59 Å². The molecule has 0 aromatic heterocycles. The van der Waals surface area contributed by atoms with E-state index in [1.807, 2.05) is 6.92 Å². The summed E-state index contributed by atoms with van der Waals surface area (Å²) in [6, 6.07) is 2.78. The molecular weight excluding hydrogens is 288 g/mol. The Bertz CT molecular complexity index is 331. The molecule has 0 radical (unpaired) electrons. The van der Waals surface area contributed by atoms with E-state index in [4.69, 9.17) is 9.16 Å². The summed E-state index contributed by atoms with van der Waals surface area (Å²) in [6.45, 7) is 8.41. The lowest BCUT2D eigenvalue weighted by molar-refractivity contribution is 0.154. The van der Waals surface area contributed by atoms with E-state index in [1.54, 1.807) is 0 Å². The van der Waals surface area contributed by atoms with Crippen LogP contribution in [0.15, 0.2) is 10.2 Å². The van der Waals surface area contributed by atoms with Gasteiger partial charge in [0, 0.05) is 0 Å². The first kappa shape index (κ1) is 19.8. The standard InChI is InChI=1S/C14H28N2O4Si/c1-5-9-19-13(17)15-16-14(18)20-21(10-6-2,11-7-3)12-8-4/h5-12H2,1-4H3/b16-15+. The number of hydrogen-bond donors (Lipinski definition) is 0. The highest BCUT2D eigenvalue weighted by Crippen LogP contribution is 2.27. The molecule has 0 fully saturated rings. The maximum Gasteiger partial charge on any atom is 0.452 e. The predicted octanol–water partition coefficient (Wildman–Crippen LogP) is 5.30. The van der Waals surface area contributed by atoms with Gasteiger partial charge in [-0.25, -0.2) is 9.59 Å². The van der Waals surface area contributed by atoms with Crippen LogP contribution in [0.25, 0.3) is 0 Å². The van der Waals surface area contributed by atoms with Crippen molar-refractivity contribution in [1.29, 1.82) is 0 Å². The molecule has 2 amide bonds. The van der Waals surface area contributed by atoms with Gasteiger partial charge in [0.2, 0.25) is 0 Å². The van der Waals surface area contributed by atoms with Crippen molar-refractivity contribution in [2.75, 3.05) is 6.61 Å². The molecule has 6 nitrogen and oxygen atoms in total. The van der Waals surface area contributed by atoms with Crippen molar-refractivity contribution >= 4 is 20.5 Å². The van der Waals surface area contributed by atoms with Crippen LogP contribution in [0, 0.1) is 0 Å².